The maximum absolute atomic E-state index is 11.4. The summed E-state index contributed by atoms with van der Waals surface area (Å²) >= 11 is 0. The second kappa shape index (κ2) is 5.28. The molecule has 1 aromatic rings. The van der Waals surface area contributed by atoms with E-state index >= 15 is 0 Å². The molecule has 0 bridgehead atoms. The zero-order chi connectivity index (χ0) is 13.2. The van der Waals surface area contributed by atoms with Gasteiger partial charge in [-0.2, -0.15) is 0 Å². The van der Waals surface area contributed by atoms with Crippen molar-refractivity contribution in [1.29, 1.82) is 0 Å². The zero-order valence-electron chi connectivity index (χ0n) is 10.8. The molecule has 1 unspecified atom stereocenters. The molecule has 0 spiro atoms. The van der Waals surface area contributed by atoms with Crippen LogP contribution in [0.1, 0.15) is 6.42 Å². The van der Waals surface area contributed by atoms with Crippen LogP contribution in [0, 0.1) is 5.92 Å². The van der Waals surface area contributed by atoms with Gasteiger partial charge in [0.05, 0.1) is 11.5 Å². The van der Waals surface area contributed by atoms with Gasteiger partial charge in [0.15, 0.2) is 9.84 Å². The average Bonchev–Trinajstić information content (AvgIpc) is 2.81. The van der Waals surface area contributed by atoms with Gasteiger partial charge in [-0.15, -0.1) is 0 Å². The Morgan fingerprint density at radius 3 is 2.50 bits per heavy atom. The fourth-order valence-electron chi connectivity index (χ4n) is 2.17. The Hall–Kier alpha value is -1.07. The van der Waals surface area contributed by atoms with Crippen molar-refractivity contribution >= 4 is 15.5 Å². The van der Waals surface area contributed by atoms with Crippen molar-refractivity contribution < 1.29 is 13.2 Å². The van der Waals surface area contributed by atoms with Crippen LogP contribution in [0.4, 0.5) is 5.69 Å². The predicted octanol–water partition coefficient (Wildman–Crippen LogP) is 1.56. The second-order valence-corrected chi connectivity index (χ2v) is 6.89. The highest BCUT2D eigenvalue weighted by atomic mass is 32.2. The molecule has 0 radical (unpaired) electrons. The summed E-state index contributed by atoms with van der Waals surface area (Å²) in [6.45, 7) is 2.62. The van der Waals surface area contributed by atoms with Crippen LogP contribution in [0.25, 0.3) is 0 Å². The molecule has 1 heterocycles. The SMILES string of the molecule is CN(CC1CCOC1)c1ccc(S(C)(=O)=O)cc1. The largest absolute Gasteiger partial charge is 0.381 e. The Labute approximate surface area is 108 Å². The van der Waals surface area contributed by atoms with E-state index in [1.165, 1.54) is 6.26 Å². The number of nitrogens with zero attached hydrogens (tertiary/aromatic N) is 1. The summed E-state index contributed by atoms with van der Waals surface area (Å²) in [5, 5.41) is 0. The monoisotopic (exact) mass is 269 g/mol. The van der Waals surface area contributed by atoms with E-state index in [4.69, 9.17) is 4.74 Å². The summed E-state index contributed by atoms with van der Waals surface area (Å²) in [5.41, 5.74) is 1.04. The molecule has 0 saturated carbocycles. The summed E-state index contributed by atoms with van der Waals surface area (Å²) in [5.74, 6) is 0.574. The minimum atomic E-state index is -3.11. The van der Waals surface area contributed by atoms with Gasteiger partial charge < -0.3 is 9.64 Å². The zero-order valence-corrected chi connectivity index (χ0v) is 11.6. The summed E-state index contributed by atoms with van der Waals surface area (Å²) in [4.78, 5) is 2.51. The third-order valence-electron chi connectivity index (χ3n) is 3.26. The number of ether oxygens (including phenoxy) is 1. The van der Waals surface area contributed by atoms with E-state index in [1.54, 1.807) is 12.1 Å². The van der Waals surface area contributed by atoms with E-state index in [9.17, 15) is 8.42 Å². The molecule has 0 N–H and O–H groups in total. The van der Waals surface area contributed by atoms with Crippen molar-refractivity contribution in [3.8, 4) is 0 Å². The third kappa shape index (κ3) is 3.23. The van der Waals surface area contributed by atoms with Gasteiger partial charge >= 0.3 is 0 Å². The van der Waals surface area contributed by atoms with Gasteiger partial charge in [0.2, 0.25) is 0 Å². The summed E-state index contributed by atoms with van der Waals surface area (Å²) in [6, 6.07) is 7.02. The van der Waals surface area contributed by atoms with Crippen LogP contribution in [-0.2, 0) is 14.6 Å². The van der Waals surface area contributed by atoms with E-state index in [-0.39, 0.29) is 0 Å². The maximum Gasteiger partial charge on any atom is 0.175 e. The molecule has 1 aliphatic heterocycles. The van der Waals surface area contributed by atoms with E-state index in [0.29, 0.717) is 10.8 Å². The minimum Gasteiger partial charge on any atom is -0.381 e. The lowest BCUT2D eigenvalue weighted by Crippen LogP contribution is -2.25. The normalized spacial score (nSPS) is 20.0. The standard InChI is InChI=1S/C13H19NO3S/c1-14(9-11-7-8-17-10-11)12-3-5-13(6-4-12)18(2,15)16/h3-6,11H,7-10H2,1-2H3. The van der Waals surface area contributed by atoms with E-state index < -0.39 is 9.84 Å². The van der Waals surface area contributed by atoms with Crippen molar-refractivity contribution in [2.75, 3.05) is 38.0 Å². The summed E-state index contributed by atoms with van der Waals surface area (Å²) in [7, 11) is -1.08. The Kier molecular flexibility index (Phi) is 3.92. The Morgan fingerprint density at radius 2 is 2.00 bits per heavy atom. The molecule has 1 aromatic carbocycles. The number of hydrogen-bond acceptors (Lipinski definition) is 4. The first-order valence-corrected chi connectivity index (χ1v) is 7.95. The molecular formula is C13H19NO3S. The first kappa shape index (κ1) is 13.4. The highest BCUT2D eigenvalue weighted by Gasteiger charge is 2.17. The molecule has 4 nitrogen and oxygen atoms in total. The molecular weight excluding hydrogens is 250 g/mol. The van der Waals surface area contributed by atoms with Gasteiger partial charge in [-0.25, -0.2) is 8.42 Å². The van der Waals surface area contributed by atoms with Crippen LogP contribution in [0.2, 0.25) is 0 Å². The van der Waals surface area contributed by atoms with E-state index in [2.05, 4.69) is 4.90 Å². The van der Waals surface area contributed by atoms with Crippen molar-refractivity contribution in [3.63, 3.8) is 0 Å². The Balaban J connectivity index is 2.04. The van der Waals surface area contributed by atoms with Gasteiger partial charge in [0.25, 0.3) is 0 Å². The molecule has 1 atom stereocenters. The highest BCUT2D eigenvalue weighted by molar-refractivity contribution is 7.90. The predicted molar refractivity (Wildman–Crippen MR) is 71.7 cm³/mol. The molecule has 2 rings (SSSR count). The van der Waals surface area contributed by atoms with Crippen LogP contribution < -0.4 is 4.90 Å². The lowest BCUT2D eigenvalue weighted by atomic mass is 10.1. The average molecular weight is 269 g/mol. The van der Waals surface area contributed by atoms with Crippen LogP contribution >= 0.6 is 0 Å². The summed E-state index contributed by atoms with van der Waals surface area (Å²) < 4.78 is 28.1. The molecule has 100 valence electrons. The highest BCUT2D eigenvalue weighted by Crippen LogP contribution is 2.20. The molecule has 5 heteroatoms. The molecule has 0 aliphatic carbocycles. The van der Waals surface area contributed by atoms with Crippen LogP contribution in [-0.4, -0.2) is 41.5 Å². The Morgan fingerprint density at radius 1 is 1.33 bits per heavy atom. The lowest BCUT2D eigenvalue weighted by molar-refractivity contribution is 0.186. The smallest absolute Gasteiger partial charge is 0.175 e. The van der Waals surface area contributed by atoms with E-state index in [0.717, 1.165) is 31.9 Å². The van der Waals surface area contributed by atoms with Crippen molar-refractivity contribution in [1.82, 2.24) is 0 Å². The van der Waals surface area contributed by atoms with Crippen molar-refractivity contribution in [2.24, 2.45) is 5.92 Å². The third-order valence-corrected chi connectivity index (χ3v) is 4.39. The Bertz CT molecular complexity index is 489. The molecule has 0 aromatic heterocycles. The number of sulfone groups is 1. The number of rotatable bonds is 4. The van der Waals surface area contributed by atoms with Gasteiger partial charge in [-0.1, -0.05) is 0 Å². The maximum atomic E-state index is 11.4. The van der Waals surface area contributed by atoms with Crippen molar-refractivity contribution in [2.45, 2.75) is 11.3 Å². The van der Waals surface area contributed by atoms with Gasteiger partial charge in [0.1, 0.15) is 0 Å². The molecule has 1 saturated heterocycles. The van der Waals surface area contributed by atoms with Crippen LogP contribution in [0.3, 0.4) is 0 Å². The van der Waals surface area contributed by atoms with Crippen LogP contribution in [0.5, 0.6) is 0 Å². The molecule has 1 fully saturated rings. The quantitative estimate of drug-likeness (QED) is 0.832. The van der Waals surface area contributed by atoms with E-state index in [1.807, 2.05) is 19.2 Å². The topological polar surface area (TPSA) is 46.6 Å². The minimum absolute atomic E-state index is 0.365. The lowest BCUT2D eigenvalue weighted by Gasteiger charge is -2.22. The second-order valence-electron chi connectivity index (χ2n) is 4.88. The fourth-order valence-corrected chi connectivity index (χ4v) is 2.80. The molecule has 0 amide bonds. The number of anilines is 1. The number of benzene rings is 1. The van der Waals surface area contributed by atoms with Gasteiger partial charge in [-0.05, 0) is 30.7 Å². The first-order chi connectivity index (χ1) is 8.47. The molecule has 1 aliphatic rings. The first-order valence-electron chi connectivity index (χ1n) is 6.06. The summed E-state index contributed by atoms with van der Waals surface area (Å²) in [6.07, 6.45) is 2.33. The van der Waals surface area contributed by atoms with Crippen LogP contribution in [0.15, 0.2) is 29.2 Å². The fraction of sp³-hybridized carbons (Fsp3) is 0.538. The molecule has 18 heavy (non-hydrogen) atoms. The van der Waals surface area contributed by atoms with Crippen molar-refractivity contribution in [3.05, 3.63) is 24.3 Å². The van der Waals surface area contributed by atoms with Gasteiger partial charge in [-0.3, -0.25) is 0 Å². The number of hydrogen-bond donors (Lipinski definition) is 0. The van der Waals surface area contributed by atoms with Gasteiger partial charge in [0, 0.05) is 38.1 Å².